The maximum Gasteiger partial charge on any atom is 0.275 e. The van der Waals surface area contributed by atoms with Gasteiger partial charge in [-0.25, -0.2) is 4.68 Å². The smallest absolute Gasteiger partial charge is 0.275 e. The molecule has 1 amide bonds. The van der Waals surface area contributed by atoms with Crippen molar-refractivity contribution in [3.63, 3.8) is 0 Å². The molecule has 0 fully saturated rings. The Morgan fingerprint density at radius 3 is 2.75 bits per heavy atom. The van der Waals surface area contributed by atoms with Gasteiger partial charge in [0.15, 0.2) is 5.69 Å². The molecule has 4 aromatic rings. The Balaban J connectivity index is 1.59. The molecule has 0 bridgehead atoms. The molecular weight excluding hydrogens is 376 g/mol. The van der Waals surface area contributed by atoms with E-state index < -0.39 is 0 Å². The van der Waals surface area contributed by atoms with Gasteiger partial charge in [-0.15, -0.1) is 0 Å². The summed E-state index contributed by atoms with van der Waals surface area (Å²) in [6.07, 6.45) is 0.733. The zero-order valence-electron chi connectivity index (χ0n) is 15.2. The molecule has 1 aliphatic heterocycles. The molecule has 0 aliphatic carbocycles. The molecule has 2 aromatic carbocycles. The first-order valence-electron chi connectivity index (χ1n) is 9.07. The highest BCUT2D eigenvalue weighted by molar-refractivity contribution is 6.31. The number of carbonyl (C=O) groups is 1. The Morgan fingerprint density at radius 2 is 1.93 bits per heavy atom. The monoisotopic (exact) mass is 392 g/mol. The zero-order valence-corrected chi connectivity index (χ0v) is 16.0. The predicted molar refractivity (Wildman–Crippen MR) is 109 cm³/mol. The molecule has 7 heteroatoms. The Morgan fingerprint density at radius 1 is 1.14 bits per heavy atom. The van der Waals surface area contributed by atoms with Gasteiger partial charge in [-0.05, 0) is 24.3 Å². The molecule has 0 spiro atoms. The van der Waals surface area contributed by atoms with E-state index in [0.29, 0.717) is 34.6 Å². The molecule has 140 valence electrons. The second-order valence-electron chi connectivity index (χ2n) is 7.07. The molecule has 5 rings (SSSR count). The fourth-order valence-electron chi connectivity index (χ4n) is 3.97. The summed E-state index contributed by atoms with van der Waals surface area (Å²) >= 11 is 6.17. The molecule has 0 saturated heterocycles. The van der Waals surface area contributed by atoms with Gasteiger partial charge >= 0.3 is 0 Å². The maximum atomic E-state index is 13.3. The third-order valence-electron chi connectivity index (χ3n) is 5.38. The van der Waals surface area contributed by atoms with E-state index in [0.717, 1.165) is 28.6 Å². The summed E-state index contributed by atoms with van der Waals surface area (Å²) in [4.78, 5) is 30.9. The molecule has 0 atom stereocenters. The molecule has 1 aliphatic rings. The fourth-order valence-corrected chi connectivity index (χ4v) is 4.14. The van der Waals surface area contributed by atoms with E-state index in [1.165, 1.54) is 4.68 Å². The van der Waals surface area contributed by atoms with Crippen LogP contribution >= 0.6 is 11.6 Å². The minimum atomic E-state index is -0.209. The van der Waals surface area contributed by atoms with Gasteiger partial charge in [-0.1, -0.05) is 29.8 Å². The van der Waals surface area contributed by atoms with E-state index in [2.05, 4.69) is 10.1 Å². The Hall–Kier alpha value is -3.12. The highest BCUT2D eigenvalue weighted by Crippen LogP contribution is 2.30. The minimum absolute atomic E-state index is 0.172. The highest BCUT2D eigenvalue weighted by Gasteiger charge is 2.27. The van der Waals surface area contributed by atoms with Crippen LogP contribution < -0.4 is 5.56 Å². The van der Waals surface area contributed by atoms with Crippen LogP contribution in [0.5, 0.6) is 0 Å². The molecular formula is C21H17ClN4O2. The van der Waals surface area contributed by atoms with Crippen LogP contribution in [0, 0.1) is 0 Å². The summed E-state index contributed by atoms with van der Waals surface area (Å²) in [5.41, 5.74) is 3.35. The number of H-pyrrole nitrogens is 1. The average Bonchev–Trinajstić information content (AvgIpc) is 3.07. The molecule has 1 N–H and O–H groups in total. The van der Waals surface area contributed by atoms with Gasteiger partial charge in [0.25, 0.3) is 11.5 Å². The van der Waals surface area contributed by atoms with Crippen molar-refractivity contribution in [2.24, 2.45) is 7.05 Å². The van der Waals surface area contributed by atoms with Crippen LogP contribution in [0.3, 0.4) is 0 Å². The largest absolute Gasteiger partial charge is 0.358 e. The third kappa shape index (κ3) is 2.52. The number of nitrogens with zero attached hydrogens (tertiary/aromatic N) is 3. The lowest BCUT2D eigenvalue weighted by Gasteiger charge is -2.27. The van der Waals surface area contributed by atoms with Crippen LogP contribution in [0.1, 0.15) is 21.7 Å². The van der Waals surface area contributed by atoms with E-state index in [-0.39, 0.29) is 11.5 Å². The lowest BCUT2D eigenvalue weighted by atomic mass is 10.0. The quantitative estimate of drug-likeness (QED) is 0.540. The third-order valence-corrected chi connectivity index (χ3v) is 5.62. The Kier molecular flexibility index (Phi) is 3.77. The van der Waals surface area contributed by atoms with Gasteiger partial charge in [0.2, 0.25) is 0 Å². The molecule has 0 saturated carbocycles. The van der Waals surface area contributed by atoms with Crippen molar-refractivity contribution in [3.8, 4) is 0 Å². The number of halogens is 1. The van der Waals surface area contributed by atoms with Crippen LogP contribution in [0.4, 0.5) is 0 Å². The van der Waals surface area contributed by atoms with Crippen molar-refractivity contribution < 1.29 is 4.79 Å². The number of benzene rings is 2. The number of nitrogens with one attached hydrogen (secondary N) is 1. The van der Waals surface area contributed by atoms with Crippen molar-refractivity contribution in [3.05, 3.63) is 74.8 Å². The lowest BCUT2D eigenvalue weighted by molar-refractivity contribution is 0.0729. The molecule has 0 unspecified atom stereocenters. The minimum Gasteiger partial charge on any atom is -0.358 e. The summed E-state index contributed by atoms with van der Waals surface area (Å²) in [6, 6.07) is 12.9. The molecule has 28 heavy (non-hydrogen) atoms. The summed E-state index contributed by atoms with van der Waals surface area (Å²) in [5, 5.41) is 7.08. The number of carbonyl (C=O) groups excluding carboxylic acids is 1. The van der Waals surface area contributed by atoms with Crippen molar-refractivity contribution in [1.82, 2.24) is 19.7 Å². The number of aromatic nitrogens is 3. The second-order valence-corrected chi connectivity index (χ2v) is 7.51. The highest BCUT2D eigenvalue weighted by atomic mass is 35.5. The number of rotatable bonds is 1. The maximum absolute atomic E-state index is 13.3. The normalized spacial score (nSPS) is 13.9. The van der Waals surface area contributed by atoms with Gasteiger partial charge in [-0.3, -0.25) is 9.59 Å². The van der Waals surface area contributed by atoms with E-state index in [1.54, 1.807) is 30.1 Å². The summed E-state index contributed by atoms with van der Waals surface area (Å²) in [7, 11) is 1.57. The van der Waals surface area contributed by atoms with Crippen molar-refractivity contribution >= 4 is 39.2 Å². The van der Waals surface area contributed by atoms with E-state index in [1.807, 2.05) is 24.3 Å². The van der Waals surface area contributed by atoms with E-state index in [9.17, 15) is 9.59 Å². The number of hydrogen-bond donors (Lipinski definition) is 1. The van der Waals surface area contributed by atoms with Crippen molar-refractivity contribution in [2.45, 2.75) is 13.0 Å². The number of hydrogen-bond acceptors (Lipinski definition) is 3. The van der Waals surface area contributed by atoms with E-state index in [4.69, 9.17) is 11.6 Å². The number of aromatic amines is 1. The van der Waals surface area contributed by atoms with Crippen molar-refractivity contribution in [1.29, 1.82) is 0 Å². The molecule has 3 heterocycles. The van der Waals surface area contributed by atoms with E-state index >= 15 is 0 Å². The molecule has 6 nitrogen and oxygen atoms in total. The zero-order chi connectivity index (χ0) is 19.4. The predicted octanol–water partition coefficient (Wildman–Crippen LogP) is 3.27. The summed E-state index contributed by atoms with van der Waals surface area (Å²) in [5.74, 6) is -0.172. The van der Waals surface area contributed by atoms with Gasteiger partial charge in [0, 0.05) is 59.1 Å². The van der Waals surface area contributed by atoms with Gasteiger partial charge < -0.3 is 9.88 Å². The van der Waals surface area contributed by atoms with Crippen molar-refractivity contribution in [2.75, 3.05) is 6.54 Å². The molecule has 2 aromatic heterocycles. The summed E-state index contributed by atoms with van der Waals surface area (Å²) in [6.45, 7) is 1.07. The van der Waals surface area contributed by atoms with Crippen LogP contribution in [-0.2, 0) is 20.0 Å². The first-order chi connectivity index (χ1) is 13.5. The lowest BCUT2D eigenvalue weighted by Crippen LogP contribution is -2.37. The van der Waals surface area contributed by atoms with Gasteiger partial charge in [0.05, 0.1) is 5.39 Å². The van der Waals surface area contributed by atoms with Gasteiger partial charge in [0.1, 0.15) is 0 Å². The summed E-state index contributed by atoms with van der Waals surface area (Å²) < 4.78 is 1.23. The molecule has 0 radical (unpaired) electrons. The average molecular weight is 393 g/mol. The standard InChI is InChI=1S/C21H17ClN4O2/c1-25-20(27)14-5-3-2-4-13(14)19(24-25)21(28)26-9-8-18-16(11-26)15-10-12(22)6-7-17(15)23-18/h2-7,10,23H,8-9,11H2,1H3. The fraction of sp³-hybridized carbons (Fsp3) is 0.190. The van der Waals surface area contributed by atoms with Crippen LogP contribution in [-0.4, -0.2) is 32.1 Å². The Bertz CT molecular complexity index is 1320. The topological polar surface area (TPSA) is 71.0 Å². The number of aryl methyl sites for hydroxylation is 1. The first kappa shape index (κ1) is 17.0. The van der Waals surface area contributed by atoms with Crippen LogP contribution in [0.15, 0.2) is 47.3 Å². The Labute approximate surface area is 165 Å². The van der Waals surface area contributed by atoms with Crippen LogP contribution in [0.2, 0.25) is 5.02 Å². The van der Waals surface area contributed by atoms with Gasteiger partial charge in [-0.2, -0.15) is 5.10 Å². The SMILES string of the molecule is Cn1nc(C(=O)N2CCc3[nH]c4ccc(Cl)cc4c3C2)c2ccccc2c1=O. The second kappa shape index (κ2) is 6.21. The first-order valence-corrected chi connectivity index (χ1v) is 9.45. The number of fused-ring (bicyclic) bond motifs is 4. The van der Waals surface area contributed by atoms with Crippen LogP contribution in [0.25, 0.3) is 21.7 Å². The number of amides is 1.